The van der Waals surface area contributed by atoms with Gasteiger partial charge in [-0.1, -0.05) is 64.7 Å². The Labute approximate surface area is 135 Å². The van der Waals surface area contributed by atoms with Gasteiger partial charge >= 0.3 is 0 Å². The third-order valence-corrected chi connectivity index (χ3v) is 5.31. The predicted molar refractivity (Wildman–Crippen MR) is 96.9 cm³/mol. The standard InChI is InChI=1S/C18H39O2P/c1-2-3-8-13-18(21,14-9-4-6-11-16-19)15-10-5-7-12-17-20/h19-20H,2-17,21H2,1H3. The Morgan fingerprint density at radius 1 is 0.619 bits per heavy atom. The maximum Gasteiger partial charge on any atom is 0.0431 e. The van der Waals surface area contributed by atoms with E-state index in [1.54, 1.807) is 0 Å². The third kappa shape index (κ3) is 13.7. The predicted octanol–water partition coefficient (Wildman–Crippen LogP) is 5.07. The van der Waals surface area contributed by atoms with Gasteiger partial charge in [0.15, 0.2) is 0 Å². The largest absolute Gasteiger partial charge is 0.396 e. The van der Waals surface area contributed by atoms with Gasteiger partial charge < -0.3 is 10.2 Å². The first-order valence-electron chi connectivity index (χ1n) is 9.19. The molecular formula is C18H39O2P. The summed E-state index contributed by atoms with van der Waals surface area (Å²) in [5.41, 5.74) is 0. The fourth-order valence-corrected chi connectivity index (χ4v) is 3.60. The zero-order chi connectivity index (χ0) is 15.8. The van der Waals surface area contributed by atoms with Crippen LogP contribution in [0.15, 0.2) is 0 Å². The number of aliphatic hydroxyl groups is 2. The maximum atomic E-state index is 8.83. The van der Waals surface area contributed by atoms with E-state index >= 15 is 0 Å². The van der Waals surface area contributed by atoms with E-state index in [0.717, 1.165) is 12.8 Å². The van der Waals surface area contributed by atoms with Crippen LogP contribution < -0.4 is 0 Å². The van der Waals surface area contributed by atoms with Crippen molar-refractivity contribution in [3.63, 3.8) is 0 Å². The summed E-state index contributed by atoms with van der Waals surface area (Å²) < 4.78 is 0. The van der Waals surface area contributed by atoms with Crippen molar-refractivity contribution in [2.24, 2.45) is 0 Å². The van der Waals surface area contributed by atoms with Crippen LogP contribution in [0.25, 0.3) is 0 Å². The molecule has 2 N–H and O–H groups in total. The molecule has 21 heavy (non-hydrogen) atoms. The molecule has 2 nitrogen and oxygen atoms in total. The number of rotatable bonds is 16. The number of aliphatic hydroxyl groups excluding tert-OH is 2. The molecule has 0 bridgehead atoms. The Bertz CT molecular complexity index is 195. The minimum Gasteiger partial charge on any atom is -0.396 e. The summed E-state index contributed by atoms with van der Waals surface area (Å²) in [6, 6.07) is 0. The van der Waals surface area contributed by atoms with E-state index in [9.17, 15) is 0 Å². The molecule has 128 valence electrons. The molecule has 0 aliphatic heterocycles. The number of hydrogen-bond donors (Lipinski definition) is 2. The molecule has 0 aliphatic rings. The van der Waals surface area contributed by atoms with Crippen molar-refractivity contribution in [2.75, 3.05) is 13.2 Å². The number of hydrogen-bond acceptors (Lipinski definition) is 2. The molecule has 1 unspecified atom stereocenters. The second-order valence-electron chi connectivity index (χ2n) is 6.60. The van der Waals surface area contributed by atoms with Crippen molar-refractivity contribution in [1.82, 2.24) is 0 Å². The van der Waals surface area contributed by atoms with Crippen LogP contribution in [0, 0.1) is 0 Å². The molecule has 0 radical (unpaired) electrons. The van der Waals surface area contributed by atoms with Crippen molar-refractivity contribution < 1.29 is 10.2 Å². The monoisotopic (exact) mass is 318 g/mol. The zero-order valence-corrected chi connectivity index (χ0v) is 15.4. The molecule has 0 fully saturated rings. The fourth-order valence-electron chi connectivity index (χ4n) is 2.99. The SMILES string of the molecule is CCCCCC(P)(CCCCCCO)CCCCCCO. The highest BCUT2D eigenvalue weighted by atomic mass is 31.0. The molecule has 0 aromatic heterocycles. The van der Waals surface area contributed by atoms with Gasteiger partial charge in [-0.25, -0.2) is 0 Å². The van der Waals surface area contributed by atoms with Crippen LogP contribution in [0.1, 0.15) is 96.8 Å². The van der Waals surface area contributed by atoms with E-state index in [2.05, 4.69) is 16.2 Å². The molecule has 0 aromatic carbocycles. The maximum absolute atomic E-state index is 8.83. The summed E-state index contributed by atoms with van der Waals surface area (Å²) >= 11 is 0. The molecule has 0 aliphatic carbocycles. The average Bonchev–Trinajstić information content (AvgIpc) is 2.47. The van der Waals surface area contributed by atoms with Crippen LogP contribution in [0.3, 0.4) is 0 Å². The van der Waals surface area contributed by atoms with Crippen LogP contribution in [0.5, 0.6) is 0 Å². The van der Waals surface area contributed by atoms with Crippen molar-refractivity contribution >= 4 is 9.24 Å². The summed E-state index contributed by atoms with van der Waals surface area (Å²) in [4.78, 5) is 0. The van der Waals surface area contributed by atoms with Crippen molar-refractivity contribution in [1.29, 1.82) is 0 Å². The quantitative estimate of drug-likeness (QED) is 0.308. The lowest BCUT2D eigenvalue weighted by atomic mass is 9.88. The smallest absolute Gasteiger partial charge is 0.0431 e. The molecule has 0 amide bonds. The summed E-state index contributed by atoms with van der Waals surface area (Å²) in [6.45, 7) is 2.95. The minimum atomic E-state index is 0.341. The van der Waals surface area contributed by atoms with Crippen LogP contribution >= 0.6 is 9.24 Å². The summed E-state index contributed by atoms with van der Waals surface area (Å²) in [5.74, 6) is 0. The van der Waals surface area contributed by atoms with Gasteiger partial charge in [0.25, 0.3) is 0 Å². The summed E-state index contributed by atoms with van der Waals surface area (Å²) in [7, 11) is 3.18. The number of unbranched alkanes of at least 4 members (excludes halogenated alkanes) is 8. The first-order chi connectivity index (χ1) is 10.2. The van der Waals surface area contributed by atoms with E-state index in [1.165, 1.54) is 77.0 Å². The molecule has 0 heterocycles. The lowest BCUT2D eigenvalue weighted by Crippen LogP contribution is -2.20. The summed E-state index contributed by atoms with van der Waals surface area (Å²) in [5, 5.41) is 18.1. The Morgan fingerprint density at radius 2 is 1.00 bits per heavy atom. The topological polar surface area (TPSA) is 40.5 Å². The third-order valence-electron chi connectivity index (χ3n) is 4.44. The Kier molecular flexibility index (Phi) is 15.5. The van der Waals surface area contributed by atoms with Gasteiger partial charge in [0.2, 0.25) is 0 Å². The normalized spacial score (nSPS) is 12.0. The molecular weight excluding hydrogens is 279 g/mol. The molecule has 3 heteroatoms. The minimum absolute atomic E-state index is 0.341. The second kappa shape index (κ2) is 15.3. The van der Waals surface area contributed by atoms with E-state index in [0.29, 0.717) is 18.4 Å². The molecule has 0 saturated carbocycles. The Morgan fingerprint density at radius 3 is 1.38 bits per heavy atom. The van der Waals surface area contributed by atoms with Gasteiger partial charge in [-0.2, -0.15) is 0 Å². The first-order valence-corrected chi connectivity index (χ1v) is 9.77. The molecule has 0 aromatic rings. The van der Waals surface area contributed by atoms with E-state index < -0.39 is 0 Å². The Balaban J connectivity index is 3.95. The van der Waals surface area contributed by atoms with Crippen LogP contribution in [-0.2, 0) is 0 Å². The highest BCUT2D eigenvalue weighted by Gasteiger charge is 2.22. The van der Waals surface area contributed by atoms with E-state index in [-0.39, 0.29) is 0 Å². The van der Waals surface area contributed by atoms with Crippen molar-refractivity contribution in [3.8, 4) is 0 Å². The molecule has 0 saturated heterocycles. The van der Waals surface area contributed by atoms with Crippen LogP contribution in [0.2, 0.25) is 0 Å². The van der Waals surface area contributed by atoms with Crippen LogP contribution in [0.4, 0.5) is 0 Å². The van der Waals surface area contributed by atoms with Crippen LogP contribution in [-0.4, -0.2) is 28.6 Å². The van der Waals surface area contributed by atoms with Gasteiger partial charge in [-0.3, -0.25) is 0 Å². The zero-order valence-electron chi connectivity index (χ0n) is 14.3. The lowest BCUT2D eigenvalue weighted by Gasteiger charge is -2.30. The Hall–Kier alpha value is 0.350. The highest BCUT2D eigenvalue weighted by molar-refractivity contribution is 7.19. The lowest BCUT2D eigenvalue weighted by molar-refractivity contribution is 0.280. The molecule has 1 atom stereocenters. The molecule has 0 spiro atoms. The van der Waals surface area contributed by atoms with E-state index in [1.807, 2.05) is 0 Å². The van der Waals surface area contributed by atoms with E-state index in [4.69, 9.17) is 10.2 Å². The molecule has 0 rings (SSSR count). The second-order valence-corrected chi connectivity index (χ2v) is 7.82. The highest BCUT2D eigenvalue weighted by Crippen LogP contribution is 2.37. The van der Waals surface area contributed by atoms with Gasteiger partial charge in [0.05, 0.1) is 0 Å². The summed E-state index contributed by atoms with van der Waals surface area (Å²) in [6.07, 6.45) is 17.3. The van der Waals surface area contributed by atoms with Gasteiger partial charge in [0, 0.05) is 13.2 Å². The van der Waals surface area contributed by atoms with Gasteiger partial charge in [-0.15, -0.1) is 9.24 Å². The van der Waals surface area contributed by atoms with Crippen molar-refractivity contribution in [3.05, 3.63) is 0 Å². The van der Waals surface area contributed by atoms with Gasteiger partial charge in [0.1, 0.15) is 0 Å². The van der Waals surface area contributed by atoms with Crippen molar-refractivity contribution in [2.45, 2.75) is 102 Å². The average molecular weight is 318 g/mol. The first kappa shape index (κ1) is 21.4. The fraction of sp³-hybridized carbons (Fsp3) is 1.00. The van der Waals surface area contributed by atoms with Gasteiger partial charge in [-0.05, 0) is 37.3 Å².